The van der Waals surface area contributed by atoms with Crippen molar-refractivity contribution in [1.82, 2.24) is 0 Å². The van der Waals surface area contributed by atoms with Crippen LogP contribution in [0.25, 0.3) is 0 Å². The molecule has 4 aliphatic carbocycles. The smallest absolute Gasteiger partial charge is 0.168 e. The molecule has 0 aromatic heterocycles. The molecule has 3 nitrogen and oxygen atoms in total. The van der Waals surface area contributed by atoms with E-state index in [9.17, 15) is 15.3 Å². The number of aliphatic hydroxyl groups excluding tert-OH is 1. The maximum atomic E-state index is 11.0. The minimum Gasteiger partial charge on any atom is -0.393 e. The molecule has 0 radical (unpaired) electrons. The first-order valence-corrected chi connectivity index (χ1v) is 10.3. The molecule has 0 amide bonds. The van der Waals surface area contributed by atoms with E-state index in [1.807, 2.05) is 13.8 Å². The topological polar surface area (TPSA) is 60.7 Å². The lowest BCUT2D eigenvalue weighted by Gasteiger charge is -2.57. The van der Waals surface area contributed by atoms with Crippen LogP contribution in [0.1, 0.15) is 78.6 Å². The number of fused-ring (bicyclic) bond motifs is 5. The summed E-state index contributed by atoms with van der Waals surface area (Å²) in [6, 6.07) is 0. The van der Waals surface area contributed by atoms with Gasteiger partial charge in [-0.25, -0.2) is 0 Å². The summed E-state index contributed by atoms with van der Waals surface area (Å²) < 4.78 is 0. The van der Waals surface area contributed by atoms with E-state index >= 15 is 0 Å². The Balaban J connectivity index is 0.000000815. The maximum Gasteiger partial charge on any atom is 0.168 e. The van der Waals surface area contributed by atoms with E-state index in [4.69, 9.17) is 0 Å². The van der Waals surface area contributed by atoms with Crippen molar-refractivity contribution in [2.75, 3.05) is 0 Å². The first-order chi connectivity index (χ1) is 11.5. The quantitative estimate of drug-likeness (QED) is 0.501. The Kier molecular flexibility index (Phi) is 5.17. The Hall–Kier alpha value is -0.380. The fraction of sp³-hybridized carbons (Fsp3) is 0.905. The second-order valence-electron chi connectivity index (χ2n) is 8.34. The van der Waals surface area contributed by atoms with E-state index < -0.39 is 11.2 Å². The van der Waals surface area contributed by atoms with Gasteiger partial charge in [0.05, 0.1) is 6.10 Å². The Morgan fingerprint density at radius 3 is 2.62 bits per heavy atom. The molecule has 4 aliphatic rings. The van der Waals surface area contributed by atoms with E-state index in [1.54, 1.807) is 5.57 Å². The molecule has 3 fully saturated rings. The molecule has 0 bridgehead atoms. The number of aliphatic hydroxyl groups is 3. The van der Waals surface area contributed by atoms with Gasteiger partial charge in [0, 0.05) is 11.8 Å². The van der Waals surface area contributed by atoms with Crippen molar-refractivity contribution >= 4 is 0 Å². The molecular formula is C21H36O3. The third-order valence-corrected chi connectivity index (χ3v) is 7.80. The van der Waals surface area contributed by atoms with Crippen LogP contribution in [0.15, 0.2) is 11.6 Å². The molecule has 0 aromatic rings. The zero-order valence-electron chi connectivity index (χ0n) is 15.7. The Morgan fingerprint density at radius 1 is 1.17 bits per heavy atom. The van der Waals surface area contributed by atoms with Gasteiger partial charge < -0.3 is 15.3 Å². The zero-order chi connectivity index (χ0) is 17.5. The van der Waals surface area contributed by atoms with Gasteiger partial charge in [0.15, 0.2) is 5.79 Å². The first-order valence-electron chi connectivity index (χ1n) is 10.3. The summed E-state index contributed by atoms with van der Waals surface area (Å²) in [5.74, 6) is 0.194. The second kappa shape index (κ2) is 6.74. The van der Waals surface area contributed by atoms with Gasteiger partial charge in [0.25, 0.3) is 0 Å². The van der Waals surface area contributed by atoms with Crippen molar-refractivity contribution in [3.05, 3.63) is 11.6 Å². The van der Waals surface area contributed by atoms with E-state index in [-0.39, 0.29) is 6.10 Å². The molecule has 0 spiro atoms. The van der Waals surface area contributed by atoms with Crippen molar-refractivity contribution in [3.8, 4) is 0 Å². The van der Waals surface area contributed by atoms with Crippen LogP contribution in [0.2, 0.25) is 0 Å². The van der Waals surface area contributed by atoms with Crippen molar-refractivity contribution < 1.29 is 15.3 Å². The van der Waals surface area contributed by atoms with Gasteiger partial charge in [0.2, 0.25) is 0 Å². The molecule has 3 saturated carbocycles. The highest BCUT2D eigenvalue weighted by molar-refractivity contribution is 5.20. The standard InChI is InChI=1S/C19H30O3.C2H6/c1-2-18-11-16(20)17-13-6-4-3-5-12(13)7-8-14(17)15(18)9-10-19(18,21)22;1-2/h5,13-17,20-22H,2-4,6-11H2,1H3;1-2H3. The van der Waals surface area contributed by atoms with Crippen LogP contribution < -0.4 is 0 Å². The fourth-order valence-corrected chi connectivity index (χ4v) is 6.85. The molecule has 6 unspecified atom stereocenters. The van der Waals surface area contributed by atoms with Gasteiger partial charge >= 0.3 is 0 Å². The van der Waals surface area contributed by atoms with Gasteiger partial charge in [-0.2, -0.15) is 0 Å². The Bertz CT molecular complexity index is 483. The Labute approximate surface area is 147 Å². The van der Waals surface area contributed by atoms with Gasteiger partial charge in [0.1, 0.15) is 0 Å². The molecule has 6 atom stereocenters. The van der Waals surface area contributed by atoms with Crippen LogP contribution in [-0.4, -0.2) is 27.2 Å². The Morgan fingerprint density at radius 2 is 1.92 bits per heavy atom. The van der Waals surface area contributed by atoms with Gasteiger partial charge in [-0.1, -0.05) is 32.4 Å². The molecule has 24 heavy (non-hydrogen) atoms. The van der Waals surface area contributed by atoms with Crippen LogP contribution in [0.5, 0.6) is 0 Å². The summed E-state index contributed by atoms with van der Waals surface area (Å²) in [5, 5.41) is 32.2. The predicted octanol–water partition coefficient (Wildman–Crippen LogP) is 4.02. The minimum absolute atomic E-state index is 0.360. The van der Waals surface area contributed by atoms with Crippen molar-refractivity contribution in [2.24, 2.45) is 29.1 Å². The molecule has 138 valence electrons. The van der Waals surface area contributed by atoms with Crippen LogP contribution in [0.4, 0.5) is 0 Å². The molecule has 0 aliphatic heterocycles. The number of hydrogen-bond donors (Lipinski definition) is 3. The van der Waals surface area contributed by atoms with Crippen molar-refractivity contribution in [3.63, 3.8) is 0 Å². The van der Waals surface area contributed by atoms with E-state index in [1.165, 1.54) is 25.7 Å². The SMILES string of the molecule is CC.CCC12CC(O)C3C4CCCC=C4CCC3C1CCC2(O)O. The summed E-state index contributed by atoms with van der Waals surface area (Å²) in [4.78, 5) is 0. The molecule has 4 rings (SSSR count). The lowest BCUT2D eigenvalue weighted by molar-refractivity contribution is -0.266. The highest BCUT2D eigenvalue weighted by Crippen LogP contribution is 2.65. The van der Waals surface area contributed by atoms with Crippen LogP contribution in [0.3, 0.4) is 0 Å². The van der Waals surface area contributed by atoms with Crippen molar-refractivity contribution in [2.45, 2.75) is 90.4 Å². The highest BCUT2D eigenvalue weighted by atomic mass is 16.5. The maximum absolute atomic E-state index is 11.0. The van der Waals surface area contributed by atoms with Crippen molar-refractivity contribution in [1.29, 1.82) is 0 Å². The van der Waals surface area contributed by atoms with Gasteiger partial charge in [-0.05, 0) is 75.0 Å². The normalized spacial score (nSPS) is 45.9. The average molecular weight is 337 g/mol. The number of hydrogen-bond acceptors (Lipinski definition) is 3. The first kappa shape index (κ1) is 18.4. The summed E-state index contributed by atoms with van der Waals surface area (Å²) >= 11 is 0. The van der Waals surface area contributed by atoms with Gasteiger partial charge in [-0.15, -0.1) is 0 Å². The molecule has 0 heterocycles. The van der Waals surface area contributed by atoms with Crippen LogP contribution >= 0.6 is 0 Å². The lowest BCUT2D eigenvalue weighted by Crippen LogP contribution is -2.58. The zero-order valence-corrected chi connectivity index (χ0v) is 15.7. The fourth-order valence-electron chi connectivity index (χ4n) is 6.85. The molecule has 3 heteroatoms. The van der Waals surface area contributed by atoms with Crippen LogP contribution in [0, 0.1) is 29.1 Å². The van der Waals surface area contributed by atoms with Crippen LogP contribution in [-0.2, 0) is 0 Å². The molecule has 0 aromatic carbocycles. The second-order valence-corrected chi connectivity index (χ2v) is 8.34. The van der Waals surface area contributed by atoms with E-state index in [0.717, 1.165) is 19.3 Å². The average Bonchev–Trinajstić information content (AvgIpc) is 2.87. The monoisotopic (exact) mass is 336 g/mol. The van der Waals surface area contributed by atoms with E-state index in [0.29, 0.717) is 36.5 Å². The third-order valence-electron chi connectivity index (χ3n) is 7.80. The summed E-state index contributed by atoms with van der Waals surface area (Å²) in [5.41, 5.74) is 1.11. The predicted molar refractivity (Wildman–Crippen MR) is 96.2 cm³/mol. The molecule has 3 N–H and O–H groups in total. The lowest BCUT2D eigenvalue weighted by atomic mass is 9.49. The van der Waals surface area contributed by atoms with E-state index in [2.05, 4.69) is 13.0 Å². The molecular weight excluding hydrogens is 300 g/mol. The summed E-state index contributed by atoms with van der Waals surface area (Å²) in [6.45, 7) is 6.07. The number of rotatable bonds is 1. The summed E-state index contributed by atoms with van der Waals surface area (Å²) in [6.07, 6.45) is 10.8. The number of allylic oxidation sites excluding steroid dienone is 2. The minimum atomic E-state index is -1.58. The third kappa shape index (κ3) is 2.50. The highest BCUT2D eigenvalue weighted by Gasteiger charge is 2.65. The largest absolute Gasteiger partial charge is 0.393 e. The molecule has 0 saturated heterocycles. The van der Waals surface area contributed by atoms with Gasteiger partial charge in [-0.3, -0.25) is 0 Å². The summed E-state index contributed by atoms with van der Waals surface area (Å²) in [7, 11) is 0.